The number of hydrogen-bond donors (Lipinski definition) is 0. The predicted octanol–water partition coefficient (Wildman–Crippen LogP) is 5.06. The molecule has 0 saturated heterocycles. The Morgan fingerprint density at radius 3 is 2.57 bits per heavy atom. The maximum atomic E-state index is 13.5. The van der Waals surface area contributed by atoms with Gasteiger partial charge in [0.15, 0.2) is 5.13 Å². The summed E-state index contributed by atoms with van der Waals surface area (Å²) in [7, 11) is 5.73. The number of amides is 1. The van der Waals surface area contributed by atoms with Crippen molar-refractivity contribution in [1.82, 2.24) is 9.88 Å². The highest BCUT2D eigenvalue weighted by molar-refractivity contribution is 7.22. The van der Waals surface area contributed by atoms with Gasteiger partial charge in [0, 0.05) is 12.1 Å². The van der Waals surface area contributed by atoms with Crippen LogP contribution in [-0.2, 0) is 0 Å². The number of anilines is 1. The van der Waals surface area contributed by atoms with Crippen LogP contribution in [-0.4, -0.2) is 50.1 Å². The molecule has 5 nitrogen and oxygen atoms in total. The summed E-state index contributed by atoms with van der Waals surface area (Å²) < 4.78 is 6.34. The highest BCUT2D eigenvalue weighted by Crippen LogP contribution is 2.32. The van der Waals surface area contributed by atoms with Crippen molar-refractivity contribution in [2.45, 2.75) is 6.42 Å². The molecule has 0 N–H and O–H groups in total. The number of hydrogen-bond acceptors (Lipinski definition) is 5. The lowest BCUT2D eigenvalue weighted by Crippen LogP contribution is -2.33. The summed E-state index contributed by atoms with van der Waals surface area (Å²) in [6.45, 7) is 1.51. The van der Waals surface area contributed by atoms with Gasteiger partial charge >= 0.3 is 0 Å². The summed E-state index contributed by atoms with van der Waals surface area (Å²) in [5.74, 6) is 0.767. The number of fused-ring (bicyclic) bond motifs is 2. The lowest BCUT2D eigenvalue weighted by atomic mass is 10.1. The van der Waals surface area contributed by atoms with E-state index in [1.807, 2.05) is 73.6 Å². The number of benzene rings is 3. The standard InChI is InChI=1S/C24H25N3O2S/c1-26(2)13-6-14-27(24-25-21-12-11-20(29-3)16-22(21)30-24)23(28)19-10-9-17-7-4-5-8-18(17)15-19/h4-5,7-12,15-16H,6,13-14H2,1-3H3. The molecule has 0 radical (unpaired) electrons. The van der Waals surface area contributed by atoms with Crippen LogP contribution in [0, 0.1) is 0 Å². The Labute approximate surface area is 180 Å². The summed E-state index contributed by atoms with van der Waals surface area (Å²) >= 11 is 1.52. The quantitative estimate of drug-likeness (QED) is 0.420. The molecular formula is C24H25N3O2S. The Balaban J connectivity index is 1.70. The molecule has 0 saturated carbocycles. The first-order chi connectivity index (χ1) is 14.5. The van der Waals surface area contributed by atoms with Crippen molar-refractivity contribution in [3.63, 3.8) is 0 Å². The molecule has 1 aromatic heterocycles. The van der Waals surface area contributed by atoms with E-state index in [-0.39, 0.29) is 5.91 Å². The highest BCUT2D eigenvalue weighted by Gasteiger charge is 2.21. The Hall–Kier alpha value is -2.96. The van der Waals surface area contributed by atoms with Gasteiger partial charge in [-0.2, -0.15) is 0 Å². The first-order valence-corrected chi connectivity index (χ1v) is 10.8. The van der Waals surface area contributed by atoms with Crippen LogP contribution in [0.4, 0.5) is 5.13 Å². The molecule has 0 fully saturated rings. The molecular weight excluding hydrogens is 394 g/mol. The molecule has 0 unspecified atom stereocenters. The number of thiazole rings is 1. The van der Waals surface area contributed by atoms with Crippen LogP contribution in [0.2, 0.25) is 0 Å². The predicted molar refractivity (Wildman–Crippen MR) is 125 cm³/mol. The number of aromatic nitrogens is 1. The van der Waals surface area contributed by atoms with Gasteiger partial charge in [-0.15, -0.1) is 0 Å². The van der Waals surface area contributed by atoms with E-state index in [1.54, 1.807) is 7.11 Å². The van der Waals surface area contributed by atoms with Crippen LogP contribution < -0.4 is 9.64 Å². The molecule has 4 rings (SSSR count). The molecule has 1 heterocycles. The first kappa shape index (κ1) is 20.3. The summed E-state index contributed by atoms with van der Waals surface area (Å²) in [5.41, 5.74) is 1.55. The van der Waals surface area contributed by atoms with Crippen LogP contribution in [0.3, 0.4) is 0 Å². The normalized spacial score (nSPS) is 11.3. The topological polar surface area (TPSA) is 45.7 Å². The third-order valence-electron chi connectivity index (χ3n) is 5.04. The van der Waals surface area contributed by atoms with Gasteiger partial charge < -0.3 is 9.64 Å². The smallest absolute Gasteiger partial charge is 0.260 e. The van der Waals surface area contributed by atoms with Gasteiger partial charge in [0.05, 0.1) is 17.3 Å². The molecule has 6 heteroatoms. The summed E-state index contributed by atoms with van der Waals surface area (Å²) in [6.07, 6.45) is 0.867. The van der Waals surface area contributed by atoms with Crippen molar-refractivity contribution in [2.75, 3.05) is 39.2 Å². The van der Waals surface area contributed by atoms with E-state index in [1.165, 1.54) is 11.3 Å². The van der Waals surface area contributed by atoms with Gasteiger partial charge in [0.25, 0.3) is 5.91 Å². The van der Waals surface area contributed by atoms with E-state index in [2.05, 4.69) is 11.0 Å². The van der Waals surface area contributed by atoms with Gasteiger partial charge in [-0.05, 0) is 68.2 Å². The minimum Gasteiger partial charge on any atom is -0.497 e. The van der Waals surface area contributed by atoms with Crippen LogP contribution >= 0.6 is 11.3 Å². The maximum Gasteiger partial charge on any atom is 0.260 e. The Morgan fingerprint density at radius 1 is 1.00 bits per heavy atom. The lowest BCUT2D eigenvalue weighted by molar-refractivity contribution is 0.0986. The minimum absolute atomic E-state index is 0.0227. The second-order valence-electron chi connectivity index (χ2n) is 7.51. The molecule has 0 bridgehead atoms. The summed E-state index contributed by atoms with van der Waals surface area (Å²) in [6, 6.07) is 19.8. The average Bonchev–Trinajstić information content (AvgIpc) is 3.18. The molecule has 1 amide bonds. The third-order valence-corrected chi connectivity index (χ3v) is 6.08. The maximum absolute atomic E-state index is 13.5. The van der Waals surface area contributed by atoms with Crippen molar-refractivity contribution in [2.24, 2.45) is 0 Å². The molecule has 0 spiro atoms. The molecule has 30 heavy (non-hydrogen) atoms. The van der Waals surface area contributed by atoms with Crippen molar-refractivity contribution in [1.29, 1.82) is 0 Å². The van der Waals surface area contributed by atoms with Crippen LogP contribution in [0.1, 0.15) is 16.8 Å². The van der Waals surface area contributed by atoms with Gasteiger partial charge in [-0.1, -0.05) is 41.7 Å². The fourth-order valence-corrected chi connectivity index (χ4v) is 4.46. The van der Waals surface area contributed by atoms with Crippen molar-refractivity contribution in [3.8, 4) is 5.75 Å². The Morgan fingerprint density at radius 2 is 1.80 bits per heavy atom. The molecule has 4 aromatic rings. The number of carbonyl (C=O) groups is 1. The van der Waals surface area contributed by atoms with Gasteiger partial charge in [-0.25, -0.2) is 4.98 Å². The SMILES string of the molecule is COc1ccc2nc(N(CCCN(C)C)C(=O)c3ccc4ccccc4c3)sc2c1. The molecule has 154 valence electrons. The molecule has 3 aromatic carbocycles. The van der Waals surface area contributed by atoms with Crippen LogP contribution in [0.15, 0.2) is 60.7 Å². The van der Waals surface area contributed by atoms with E-state index in [9.17, 15) is 4.79 Å². The van der Waals surface area contributed by atoms with E-state index < -0.39 is 0 Å². The molecule has 0 atom stereocenters. The summed E-state index contributed by atoms with van der Waals surface area (Å²) in [5, 5.41) is 2.90. The van der Waals surface area contributed by atoms with Crippen molar-refractivity contribution in [3.05, 3.63) is 66.2 Å². The van der Waals surface area contributed by atoms with E-state index in [0.29, 0.717) is 12.1 Å². The van der Waals surface area contributed by atoms with Crippen LogP contribution in [0.25, 0.3) is 21.0 Å². The largest absolute Gasteiger partial charge is 0.497 e. The molecule has 0 aliphatic carbocycles. The minimum atomic E-state index is -0.0227. The van der Waals surface area contributed by atoms with E-state index in [0.717, 1.165) is 44.8 Å². The summed E-state index contributed by atoms with van der Waals surface area (Å²) in [4.78, 5) is 22.2. The second-order valence-corrected chi connectivity index (χ2v) is 8.51. The first-order valence-electron chi connectivity index (χ1n) is 9.95. The molecule has 0 aliphatic rings. The zero-order valence-corrected chi connectivity index (χ0v) is 18.3. The van der Waals surface area contributed by atoms with Gasteiger partial charge in [0.2, 0.25) is 0 Å². The highest BCUT2D eigenvalue weighted by atomic mass is 32.1. The van der Waals surface area contributed by atoms with Crippen LogP contribution in [0.5, 0.6) is 5.75 Å². The van der Waals surface area contributed by atoms with Crippen molar-refractivity contribution >= 4 is 43.4 Å². The number of methoxy groups -OCH3 is 1. The number of carbonyl (C=O) groups excluding carboxylic acids is 1. The van der Waals surface area contributed by atoms with Crippen molar-refractivity contribution < 1.29 is 9.53 Å². The van der Waals surface area contributed by atoms with Gasteiger partial charge in [-0.3, -0.25) is 9.69 Å². The number of nitrogens with zero attached hydrogens (tertiary/aromatic N) is 3. The zero-order chi connectivity index (χ0) is 21.1. The third kappa shape index (κ3) is 4.30. The zero-order valence-electron chi connectivity index (χ0n) is 17.5. The fourth-order valence-electron chi connectivity index (χ4n) is 3.44. The lowest BCUT2D eigenvalue weighted by Gasteiger charge is -2.21. The Kier molecular flexibility index (Phi) is 5.97. The van der Waals surface area contributed by atoms with E-state index in [4.69, 9.17) is 9.72 Å². The monoisotopic (exact) mass is 419 g/mol. The fraction of sp³-hybridized carbons (Fsp3) is 0.250. The van der Waals surface area contributed by atoms with Gasteiger partial charge in [0.1, 0.15) is 5.75 Å². The van der Waals surface area contributed by atoms with E-state index >= 15 is 0 Å². The average molecular weight is 420 g/mol. The Bertz CT molecular complexity index is 1190. The number of rotatable bonds is 7. The molecule has 0 aliphatic heterocycles. The second kappa shape index (κ2) is 8.81. The number of ether oxygens (including phenoxy) is 1.